The van der Waals surface area contributed by atoms with Crippen LogP contribution in [0.4, 0.5) is 69.7 Å². The lowest BCUT2D eigenvalue weighted by Gasteiger charge is -2.45. The number of nitrogens with zero attached hydrogens (tertiary/aromatic N) is 18. The molecule has 12 aromatic rings. The van der Waals surface area contributed by atoms with Crippen LogP contribution in [0.1, 0.15) is 151 Å². The van der Waals surface area contributed by atoms with Gasteiger partial charge in [-0.1, -0.05) is 96.1 Å². The van der Waals surface area contributed by atoms with Crippen LogP contribution in [-0.2, 0) is 14.4 Å². The normalized spacial score (nSPS) is 16.6. The Kier molecular flexibility index (Phi) is 29.5. The van der Waals surface area contributed by atoms with Crippen molar-refractivity contribution in [2.75, 3.05) is 54.0 Å². The van der Waals surface area contributed by atoms with Crippen molar-refractivity contribution < 1.29 is 82.4 Å². The number of aromatic hydroxyl groups is 3. The van der Waals surface area contributed by atoms with Crippen LogP contribution >= 0.6 is 34.8 Å². The van der Waals surface area contributed by atoms with E-state index < -0.39 is 189 Å². The Bertz CT molecular complexity index is 6860. The highest BCUT2D eigenvalue weighted by Gasteiger charge is 2.43. The van der Waals surface area contributed by atoms with Crippen molar-refractivity contribution in [3.63, 3.8) is 0 Å². The fraction of sp³-hybridized carbons (Fsp3) is 0.303. The number of aromatic nitrogens is 9. The number of halogens is 15. The summed E-state index contributed by atoms with van der Waals surface area (Å²) in [5, 5.41) is 61.7. The SMILES string of the molecule is C=CC(=O)N1[C@H](C)CN(c2c(C#N)c(=O)n(-c3c(C)ccnc3C(C)C)c3nc(-c4c(O)c(F)c(F)c(F)c4F)c(Cl)cc23)C[C@@H]1C.C=CC(=O)N1[C@H](C)CN(c2c(C#N)c(=O)n(-c3c(C)ccnc3C(C)C)c3nc(-c4c(O)c(F)c(F)c(F)c4F)c(Cl)cc23)C[C@@H]1C.C=CC(=O)N1[C@H](C)CN(c2c(C#N)c(=O)n(-c3c(C)ccnc3C(C)C)c3nc(-c4c(O)c(F)c(F)c(F)c4F)c(Cl)cc23)C[C@@H]1C. The predicted molar refractivity (Wildman–Crippen MR) is 506 cm³/mol. The number of nitriles is 3. The first-order valence-electron chi connectivity index (χ1n) is 43.7. The Morgan fingerprint density at radius 1 is 0.376 bits per heavy atom. The van der Waals surface area contributed by atoms with Crippen molar-refractivity contribution in [2.45, 2.75) is 158 Å². The molecule has 0 spiro atoms. The summed E-state index contributed by atoms with van der Waals surface area (Å²) >= 11 is 19.7. The molecule has 3 aliphatic heterocycles. The summed E-state index contributed by atoms with van der Waals surface area (Å²) in [6.45, 7) is 38.6. The number of benzene rings is 3. The molecular weight excluding hydrogens is 1920 g/mol. The molecule has 0 aliphatic carbocycles. The van der Waals surface area contributed by atoms with E-state index in [-0.39, 0.29) is 159 Å². The molecule has 732 valence electrons. The average molecular weight is 2010 g/mol. The lowest BCUT2D eigenvalue weighted by molar-refractivity contribution is -0.131. The van der Waals surface area contributed by atoms with Gasteiger partial charge in [-0.2, -0.15) is 29.0 Å². The van der Waals surface area contributed by atoms with Crippen molar-refractivity contribution in [2.24, 2.45) is 0 Å². The van der Waals surface area contributed by atoms with Crippen LogP contribution in [0.25, 0.3) is 83.9 Å². The van der Waals surface area contributed by atoms with Gasteiger partial charge in [0.15, 0.2) is 52.2 Å². The molecule has 0 bridgehead atoms. The molecular formula is C99H87Cl3F12N18O9. The molecule has 3 saturated heterocycles. The molecule has 9 aromatic heterocycles. The number of pyridine rings is 9. The molecule has 3 aromatic carbocycles. The molecule has 15 rings (SSSR count). The first kappa shape index (κ1) is 103. The van der Waals surface area contributed by atoms with Crippen LogP contribution in [0.3, 0.4) is 0 Å². The Morgan fingerprint density at radius 2 is 0.582 bits per heavy atom. The monoisotopic (exact) mass is 2000 g/mol. The van der Waals surface area contributed by atoms with Crippen LogP contribution in [0, 0.1) is 125 Å². The summed E-state index contributed by atoms with van der Waals surface area (Å²) in [4.78, 5) is 118. The zero-order valence-corrected chi connectivity index (χ0v) is 80.3. The number of hydrogen-bond acceptors (Lipinski definition) is 21. The fourth-order valence-corrected chi connectivity index (χ4v) is 19.5. The second-order valence-corrected chi connectivity index (χ2v) is 36.4. The molecule has 12 heterocycles. The minimum Gasteiger partial charge on any atom is -0.504 e. The number of amides is 3. The molecule has 3 fully saturated rings. The van der Waals surface area contributed by atoms with E-state index in [2.05, 4.69) is 49.6 Å². The maximum absolute atomic E-state index is 15.2. The average Bonchev–Trinajstić information content (AvgIpc) is 0.725. The quantitative estimate of drug-likeness (QED) is 0.0371. The van der Waals surface area contributed by atoms with Crippen LogP contribution in [0.15, 0.2) is 107 Å². The van der Waals surface area contributed by atoms with Gasteiger partial charge in [0, 0.05) is 110 Å². The summed E-state index contributed by atoms with van der Waals surface area (Å²) in [7, 11) is 0. The largest absolute Gasteiger partial charge is 0.504 e. The second kappa shape index (κ2) is 40.1. The molecule has 3 aliphatic rings. The number of carbonyl (C=O) groups excluding carboxylic acids is 3. The van der Waals surface area contributed by atoms with E-state index in [0.717, 1.165) is 13.7 Å². The topological polar surface area (TPSA) is 346 Å². The molecule has 3 N–H and O–H groups in total. The molecule has 3 amide bonds. The van der Waals surface area contributed by atoms with E-state index in [1.807, 2.05) is 59.8 Å². The molecule has 0 unspecified atom stereocenters. The summed E-state index contributed by atoms with van der Waals surface area (Å²) in [6.07, 6.45) is 8.22. The summed E-state index contributed by atoms with van der Waals surface area (Å²) < 4.78 is 178. The number of anilines is 3. The van der Waals surface area contributed by atoms with E-state index in [4.69, 9.17) is 34.8 Å². The smallest absolute Gasteiger partial charge is 0.276 e. The number of fused-ring (bicyclic) bond motifs is 3. The van der Waals surface area contributed by atoms with Gasteiger partial charge in [0.2, 0.25) is 52.6 Å². The predicted octanol–water partition coefficient (Wildman–Crippen LogP) is 18.8. The van der Waals surface area contributed by atoms with Gasteiger partial charge in [-0.25, -0.2) is 54.5 Å². The molecule has 42 heteroatoms. The zero-order valence-electron chi connectivity index (χ0n) is 78.0. The van der Waals surface area contributed by atoms with Crippen molar-refractivity contribution in [3.8, 4) is 86.3 Å². The Hall–Kier alpha value is -14.9. The summed E-state index contributed by atoms with van der Waals surface area (Å²) in [5.74, 6) is -31.7. The first-order valence-corrected chi connectivity index (χ1v) is 44.8. The Balaban J connectivity index is 0.000000178. The number of phenolic OH excluding ortho intramolecular Hbond substituents is 3. The molecule has 6 atom stereocenters. The van der Waals surface area contributed by atoms with Gasteiger partial charge in [-0.15, -0.1) is 0 Å². The van der Waals surface area contributed by atoms with Crippen LogP contribution in [-0.4, -0.2) is 167 Å². The number of rotatable bonds is 15. The second-order valence-electron chi connectivity index (χ2n) is 35.1. The highest BCUT2D eigenvalue weighted by Crippen LogP contribution is 2.49. The van der Waals surface area contributed by atoms with Gasteiger partial charge in [-0.3, -0.25) is 57.4 Å². The van der Waals surface area contributed by atoms with Gasteiger partial charge >= 0.3 is 0 Å². The summed E-state index contributed by atoms with van der Waals surface area (Å²) in [6, 6.07) is 12.2. The molecule has 0 saturated carbocycles. The lowest BCUT2D eigenvalue weighted by atomic mass is 10.0. The molecule has 0 radical (unpaired) electrons. The minimum atomic E-state index is -2.23. The number of piperazine rings is 3. The first-order chi connectivity index (χ1) is 66.5. The van der Waals surface area contributed by atoms with E-state index in [1.54, 1.807) is 129 Å². The maximum Gasteiger partial charge on any atom is 0.276 e. The number of hydrogen-bond donors (Lipinski definition) is 3. The molecule has 27 nitrogen and oxygen atoms in total. The van der Waals surface area contributed by atoms with Crippen molar-refractivity contribution >= 4 is 103 Å². The molecule has 141 heavy (non-hydrogen) atoms. The van der Waals surface area contributed by atoms with E-state index in [9.17, 15) is 99.4 Å². The van der Waals surface area contributed by atoms with Gasteiger partial charge < -0.3 is 44.7 Å². The minimum absolute atomic E-state index is 0.114. The standard InChI is InChI=1S/3C33H29ClF4N6O3/c3*1-7-21(45)43-16(5)12-42(13-17(43)6)30-18-10-20(34)28(22-23(35)24(36)25(37)26(38)31(22)46)41-32(18)44(33(47)19(30)11-39)29-15(4)8-9-40-27(29)14(2)3/h3*7-10,14,16-17,46H,1,12-13H2,2-6H3/t3*16-,17+. The van der Waals surface area contributed by atoms with Crippen molar-refractivity contribution in [3.05, 3.63) is 259 Å². The van der Waals surface area contributed by atoms with Crippen LogP contribution < -0.4 is 31.4 Å². The number of phenols is 3. The van der Waals surface area contributed by atoms with Crippen LogP contribution in [0.2, 0.25) is 15.1 Å². The third-order valence-corrected chi connectivity index (χ3v) is 25.6. The third kappa shape index (κ3) is 17.7. The number of aryl methyl sites for hydroxylation is 3. The zero-order chi connectivity index (χ0) is 104. The van der Waals surface area contributed by atoms with Crippen molar-refractivity contribution in [1.82, 2.24) is 58.3 Å². The maximum atomic E-state index is 15.2. The summed E-state index contributed by atoms with van der Waals surface area (Å²) in [5.41, 5.74) is -5.50. The fourth-order valence-electron chi connectivity index (χ4n) is 18.7. The van der Waals surface area contributed by atoms with E-state index in [0.29, 0.717) is 33.8 Å². The van der Waals surface area contributed by atoms with Gasteiger partial charge in [0.05, 0.1) is 100 Å². The highest BCUT2D eigenvalue weighted by atomic mass is 35.5. The third-order valence-electron chi connectivity index (χ3n) is 24.8. The van der Waals surface area contributed by atoms with Gasteiger partial charge in [0.25, 0.3) is 16.7 Å². The lowest BCUT2D eigenvalue weighted by Crippen LogP contribution is -2.58. The van der Waals surface area contributed by atoms with E-state index in [1.165, 1.54) is 36.4 Å². The van der Waals surface area contributed by atoms with Gasteiger partial charge in [-0.05, 0) is 151 Å². The van der Waals surface area contributed by atoms with Crippen molar-refractivity contribution in [1.29, 1.82) is 15.8 Å². The number of carbonyl (C=O) groups is 3. The highest BCUT2D eigenvalue weighted by molar-refractivity contribution is 6.35. The Morgan fingerprint density at radius 3 is 0.773 bits per heavy atom. The van der Waals surface area contributed by atoms with E-state index >= 15 is 13.2 Å². The Labute approximate surface area is 812 Å². The van der Waals surface area contributed by atoms with Crippen LogP contribution in [0.5, 0.6) is 17.2 Å². The van der Waals surface area contributed by atoms with Gasteiger partial charge in [0.1, 0.15) is 51.8 Å².